The van der Waals surface area contributed by atoms with Crippen LogP contribution in [-0.4, -0.2) is 24.7 Å². The number of hydrogen-bond acceptors (Lipinski definition) is 4. The van der Waals surface area contributed by atoms with Crippen LogP contribution >= 0.6 is 0 Å². The van der Waals surface area contributed by atoms with E-state index >= 15 is 0 Å². The van der Waals surface area contributed by atoms with E-state index in [0.29, 0.717) is 38.2 Å². The van der Waals surface area contributed by atoms with E-state index in [1.807, 2.05) is 12.1 Å². The Morgan fingerprint density at radius 1 is 1.37 bits per heavy atom. The summed E-state index contributed by atoms with van der Waals surface area (Å²) in [5.41, 5.74) is 6.82. The van der Waals surface area contributed by atoms with Gasteiger partial charge in [0.2, 0.25) is 5.91 Å². The Labute approximate surface area is 112 Å². The largest absolute Gasteiger partial charge is 0.381 e. The second kappa shape index (κ2) is 5.83. The maximum absolute atomic E-state index is 12.1. The van der Waals surface area contributed by atoms with Crippen LogP contribution < -0.4 is 11.1 Å². The van der Waals surface area contributed by atoms with E-state index in [9.17, 15) is 4.79 Å². The Morgan fingerprint density at radius 2 is 2.00 bits per heavy atom. The number of amides is 1. The van der Waals surface area contributed by atoms with E-state index in [4.69, 9.17) is 15.7 Å². The van der Waals surface area contributed by atoms with Gasteiger partial charge in [-0.1, -0.05) is 12.1 Å². The monoisotopic (exact) mass is 259 g/mol. The molecule has 1 saturated heterocycles. The van der Waals surface area contributed by atoms with Crippen LogP contribution in [0, 0.1) is 11.3 Å². The zero-order valence-electron chi connectivity index (χ0n) is 10.7. The number of nitrogens with two attached hydrogens (primary N) is 1. The molecule has 0 unspecified atom stereocenters. The average molecular weight is 259 g/mol. The zero-order valence-corrected chi connectivity index (χ0v) is 10.7. The predicted molar refractivity (Wildman–Crippen MR) is 70.0 cm³/mol. The van der Waals surface area contributed by atoms with Crippen LogP contribution in [0.15, 0.2) is 24.3 Å². The molecule has 1 aromatic rings. The van der Waals surface area contributed by atoms with Crippen LogP contribution in [0.4, 0.5) is 0 Å². The van der Waals surface area contributed by atoms with Gasteiger partial charge in [-0.3, -0.25) is 4.79 Å². The molecule has 0 saturated carbocycles. The van der Waals surface area contributed by atoms with Crippen LogP contribution in [-0.2, 0) is 16.1 Å². The van der Waals surface area contributed by atoms with Crippen LogP contribution in [0.25, 0.3) is 0 Å². The summed E-state index contributed by atoms with van der Waals surface area (Å²) in [4.78, 5) is 12.1. The second-order valence-electron chi connectivity index (χ2n) is 4.76. The van der Waals surface area contributed by atoms with E-state index in [-0.39, 0.29) is 5.91 Å². The van der Waals surface area contributed by atoms with Crippen molar-refractivity contribution in [1.82, 2.24) is 5.32 Å². The number of benzene rings is 1. The normalized spacial score (nSPS) is 17.5. The molecule has 0 aromatic heterocycles. The SMILES string of the molecule is N#Cc1ccc(CNC(=O)C2(N)CCOCC2)cc1. The first-order chi connectivity index (χ1) is 9.14. The predicted octanol–water partition coefficient (Wildman–Crippen LogP) is 0.682. The first kappa shape index (κ1) is 13.5. The third kappa shape index (κ3) is 3.31. The lowest BCUT2D eigenvalue weighted by Gasteiger charge is -2.31. The van der Waals surface area contributed by atoms with Crippen molar-refractivity contribution in [3.8, 4) is 6.07 Å². The molecule has 3 N–H and O–H groups in total. The van der Waals surface area contributed by atoms with Crippen LogP contribution in [0.2, 0.25) is 0 Å². The second-order valence-corrected chi connectivity index (χ2v) is 4.76. The minimum Gasteiger partial charge on any atom is -0.381 e. The van der Waals surface area contributed by atoms with Gasteiger partial charge < -0.3 is 15.8 Å². The number of nitriles is 1. The van der Waals surface area contributed by atoms with Gasteiger partial charge in [0.05, 0.1) is 17.2 Å². The van der Waals surface area contributed by atoms with Crippen molar-refractivity contribution in [2.75, 3.05) is 13.2 Å². The molecule has 1 aliphatic heterocycles. The van der Waals surface area contributed by atoms with Crippen molar-refractivity contribution in [1.29, 1.82) is 5.26 Å². The van der Waals surface area contributed by atoms with Crippen molar-refractivity contribution >= 4 is 5.91 Å². The standard InChI is InChI=1S/C14H17N3O2/c15-9-11-1-3-12(4-2-11)10-17-13(18)14(16)5-7-19-8-6-14/h1-4H,5-8,10,16H2,(H,17,18). The van der Waals surface area contributed by atoms with Crippen molar-refractivity contribution in [3.63, 3.8) is 0 Å². The minimum absolute atomic E-state index is 0.139. The third-order valence-electron chi connectivity index (χ3n) is 3.37. The number of ether oxygens (including phenoxy) is 1. The van der Waals surface area contributed by atoms with Crippen LogP contribution in [0.3, 0.4) is 0 Å². The number of hydrogen-bond donors (Lipinski definition) is 2. The molecule has 5 heteroatoms. The lowest BCUT2D eigenvalue weighted by molar-refractivity contribution is -0.129. The minimum atomic E-state index is -0.815. The number of carbonyl (C=O) groups excluding carboxylic acids is 1. The van der Waals surface area contributed by atoms with Crippen molar-refractivity contribution in [2.24, 2.45) is 5.73 Å². The molecule has 1 aromatic carbocycles. The molecule has 0 spiro atoms. The number of nitrogens with zero attached hydrogens (tertiary/aromatic N) is 1. The summed E-state index contributed by atoms with van der Waals surface area (Å²) in [5.74, 6) is -0.139. The third-order valence-corrected chi connectivity index (χ3v) is 3.37. The maximum Gasteiger partial charge on any atom is 0.240 e. The molecule has 0 aliphatic carbocycles. The molecule has 2 rings (SSSR count). The highest BCUT2D eigenvalue weighted by molar-refractivity contribution is 5.86. The molecule has 0 radical (unpaired) electrons. The van der Waals surface area contributed by atoms with Gasteiger partial charge >= 0.3 is 0 Å². The number of nitrogens with one attached hydrogen (secondary N) is 1. The molecule has 1 aliphatic rings. The molecule has 0 bridgehead atoms. The Balaban J connectivity index is 1.90. The van der Waals surface area contributed by atoms with E-state index in [1.165, 1.54) is 0 Å². The van der Waals surface area contributed by atoms with Crippen molar-refractivity contribution in [2.45, 2.75) is 24.9 Å². The number of carbonyl (C=O) groups is 1. The summed E-state index contributed by atoms with van der Waals surface area (Å²) in [5, 5.41) is 11.5. The summed E-state index contributed by atoms with van der Waals surface area (Å²) >= 11 is 0. The van der Waals surface area contributed by atoms with E-state index in [2.05, 4.69) is 11.4 Å². The fourth-order valence-corrected chi connectivity index (χ4v) is 2.02. The van der Waals surface area contributed by atoms with Gasteiger partial charge in [0.15, 0.2) is 0 Å². The van der Waals surface area contributed by atoms with Gasteiger partial charge in [-0.15, -0.1) is 0 Å². The molecule has 100 valence electrons. The average Bonchev–Trinajstić information content (AvgIpc) is 2.46. The van der Waals surface area contributed by atoms with Gasteiger partial charge in [-0.25, -0.2) is 0 Å². The van der Waals surface area contributed by atoms with Crippen molar-refractivity contribution < 1.29 is 9.53 Å². The maximum atomic E-state index is 12.1. The summed E-state index contributed by atoms with van der Waals surface area (Å²) in [6.07, 6.45) is 1.10. The highest BCUT2D eigenvalue weighted by Crippen LogP contribution is 2.17. The van der Waals surface area contributed by atoms with Crippen molar-refractivity contribution in [3.05, 3.63) is 35.4 Å². The molecular formula is C14H17N3O2. The fraction of sp³-hybridized carbons (Fsp3) is 0.429. The molecular weight excluding hydrogens is 242 g/mol. The number of rotatable bonds is 3. The topological polar surface area (TPSA) is 88.1 Å². The van der Waals surface area contributed by atoms with Gasteiger partial charge in [-0.05, 0) is 30.5 Å². The quantitative estimate of drug-likeness (QED) is 0.835. The summed E-state index contributed by atoms with van der Waals surface area (Å²) < 4.78 is 5.21. The van der Waals surface area contributed by atoms with Gasteiger partial charge in [-0.2, -0.15) is 5.26 Å². The van der Waals surface area contributed by atoms with E-state index < -0.39 is 5.54 Å². The first-order valence-corrected chi connectivity index (χ1v) is 6.28. The smallest absolute Gasteiger partial charge is 0.240 e. The Hall–Kier alpha value is -1.90. The lowest BCUT2D eigenvalue weighted by Crippen LogP contribution is -2.56. The summed E-state index contributed by atoms with van der Waals surface area (Å²) in [6, 6.07) is 9.17. The molecule has 5 nitrogen and oxygen atoms in total. The molecule has 1 fully saturated rings. The lowest BCUT2D eigenvalue weighted by atomic mass is 9.90. The molecule has 19 heavy (non-hydrogen) atoms. The van der Waals surface area contributed by atoms with Gasteiger partial charge in [0, 0.05) is 19.8 Å². The van der Waals surface area contributed by atoms with Gasteiger partial charge in [0.25, 0.3) is 0 Å². The molecule has 0 atom stereocenters. The highest BCUT2D eigenvalue weighted by Gasteiger charge is 2.35. The Morgan fingerprint density at radius 3 is 2.58 bits per heavy atom. The first-order valence-electron chi connectivity index (χ1n) is 6.28. The van der Waals surface area contributed by atoms with Gasteiger partial charge in [0.1, 0.15) is 0 Å². The van der Waals surface area contributed by atoms with Crippen LogP contribution in [0.5, 0.6) is 0 Å². The molecule has 1 amide bonds. The summed E-state index contributed by atoms with van der Waals surface area (Å²) in [7, 11) is 0. The Bertz CT molecular complexity index is 484. The van der Waals surface area contributed by atoms with Crippen LogP contribution in [0.1, 0.15) is 24.0 Å². The summed E-state index contributed by atoms with van der Waals surface area (Å²) in [6.45, 7) is 1.48. The zero-order chi connectivity index (χ0) is 13.7. The Kier molecular flexibility index (Phi) is 4.15. The molecule has 1 heterocycles. The fourth-order valence-electron chi connectivity index (χ4n) is 2.02. The van der Waals surface area contributed by atoms with E-state index in [1.54, 1.807) is 12.1 Å². The van der Waals surface area contributed by atoms with E-state index in [0.717, 1.165) is 5.56 Å². The highest BCUT2D eigenvalue weighted by atomic mass is 16.5.